The highest BCUT2D eigenvalue weighted by Gasteiger charge is 2.04. The van der Waals surface area contributed by atoms with Gasteiger partial charge in [0, 0.05) is 19.3 Å². The van der Waals surface area contributed by atoms with Crippen molar-refractivity contribution in [2.75, 3.05) is 25.5 Å². The smallest absolute Gasteiger partial charge is 0.224 e. The van der Waals surface area contributed by atoms with E-state index in [9.17, 15) is 0 Å². The fraction of sp³-hybridized carbons (Fsp3) is 0.333. The van der Waals surface area contributed by atoms with E-state index in [1.54, 1.807) is 6.20 Å². The van der Waals surface area contributed by atoms with E-state index in [4.69, 9.17) is 11.6 Å². The fourth-order valence-corrected chi connectivity index (χ4v) is 2.46. The molecule has 2 rings (SSSR count). The lowest BCUT2D eigenvalue weighted by atomic mass is 10.2. The van der Waals surface area contributed by atoms with Gasteiger partial charge in [-0.2, -0.15) is 4.98 Å². The van der Waals surface area contributed by atoms with Gasteiger partial charge in [-0.1, -0.05) is 30.3 Å². The monoisotopic (exact) mass is 368 g/mol. The minimum Gasteiger partial charge on any atom is -0.369 e. The molecule has 0 bridgehead atoms. The summed E-state index contributed by atoms with van der Waals surface area (Å²) in [6.07, 6.45) is 2.68. The summed E-state index contributed by atoms with van der Waals surface area (Å²) in [4.78, 5) is 10.3. The summed E-state index contributed by atoms with van der Waals surface area (Å²) in [6, 6.07) is 10.5. The van der Waals surface area contributed by atoms with Gasteiger partial charge in [0.1, 0.15) is 5.82 Å². The summed E-state index contributed by atoms with van der Waals surface area (Å²) in [5.74, 6) is 0.737. The first kappa shape index (κ1) is 16.2. The van der Waals surface area contributed by atoms with Crippen LogP contribution in [0.15, 0.2) is 41.0 Å². The Morgan fingerprint density at radius 3 is 2.81 bits per heavy atom. The number of aromatic nitrogens is 2. The summed E-state index contributed by atoms with van der Waals surface area (Å²) in [5.41, 5.74) is 1.33. The van der Waals surface area contributed by atoms with Crippen molar-refractivity contribution < 1.29 is 0 Å². The molecule has 0 aliphatic carbocycles. The molecule has 0 spiro atoms. The van der Waals surface area contributed by atoms with Crippen molar-refractivity contribution in [3.63, 3.8) is 0 Å². The zero-order chi connectivity index (χ0) is 15.1. The van der Waals surface area contributed by atoms with Gasteiger partial charge in [-0.15, -0.1) is 0 Å². The second kappa shape index (κ2) is 8.32. The standard InChI is InChI=1S/C15H18BrClN4/c1-21(11-12-6-3-2-4-7-12)9-5-8-18-14-13(16)10-19-15(17)20-14/h2-4,6-7,10H,5,8-9,11H2,1H3,(H,18,19,20). The molecule has 0 aliphatic rings. The van der Waals surface area contributed by atoms with Gasteiger partial charge in [-0.3, -0.25) is 0 Å². The zero-order valence-electron chi connectivity index (χ0n) is 11.9. The first-order chi connectivity index (χ1) is 10.1. The van der Waals surface area contributed by atoms with E-state index in [-0.39, 0.29) is 5.28 Å². The van der Waals surface area contributed by atoms with Crippen LogP contribution in [0.4, 0.5) is 5.82 Å². The molecule has 0 unspecified atom stereocenters. The molecule has 21 heavy (non-hydrogen) atoms. The van der Waals surface area contributed by atoms with E-state index >= 15 is 0 Å². The van der Waals surface area contributed by atoms with Gasteiger partial charge >= 0.3 is 0 Å². The van der Waals surface area contributed by atoms with Crippen molar-refractivity contribution in [3.05, 3.63) is 51.8 Å². The Hall–Kier alpha value is -1.17. The third-order valence-electron chi connectivity index (χ3n) is 3.02. The molecular weight excluding hydrogens is 352 g/mol. The van der Waals surface area contributed by atoms with Crippen molar-refractivity contribution in [1.82, 2.24) is 14.9 Å². The summed E-state index contributed by atoms with van der Waals surface area (Å²) in [6.45, 7) is 2.81. The second-order valence-electron chi connectivity index (χ2n) is 4.84. The Morgan fingerprint density at radius 1 is 1.29 bits per heavy atom. The van der Waals surface area contributed by atoms with Gasteiger partial charge in [0.25, 0.3) is 0 Å². The summed E-state index contributed by atoms with van der Waals surface area (Å²) < 4.78 is 0.824. The van der Waals surface area contributed by atoms with Crippen LogP contribution in [0.1, 0.15) is 12.0 Å². The van der Waals surface area contributed by atoms with Crippen LogP contribution < -0.4 is 5.32 Å². The number of halogens is 2. The third-order valence-corrected chi connectivity index (χ3v) is 3.78. The molecule has 0 aliphatic heterocycles. The quantitative estimate of drug-likeness (QED) is 0.595. The van der Waals surface area contributed by atoms with Gasteiger partial charge in [0.15, 0.2) is 0 Å². The molecule has 1 heterocycles. The van der Waals surface area contributed by atoms with Crippen LogP contribution in [0.5, 0.6) is 0 Å². The van der Waals surface area contributed by atoms with Crippen molar-refractivity contribution in [3.8, 4) is 0 Å². The number of benzene rings is 1. The van der Waals surface area contributed by atoms with Crippen molar-refractivity contribution in [2.24, 2.45) is 0 Å². The highest BCUT2D eigenvalue weighted by Crippen LogP contribution is 2.19. The third kappa shape index (κ3) is 5.61. The molecular formula is C15H18BrClN4. The number of nitrogens with zero attached hydrogens (tertiary/aromatic N) is 3. The first-order valence-electron chi connectivity index (χ1n) is 6.79. The van der Waals surface area contributed by atoms with E-state index in [2.05, 4.69) is 67.4 Å². The largest absolute Gasteiger partial charge is 0.369 e. The molecule has 2 aromatic rings. The van der Waals surface area contributed by atoms with E-state index in [0.717, 1.165) is 36.3 Å². The molecule has 1 N–H and O–H groups in total. The van der Waals surface area contributed by atoms with Crippen LogP contribution in [0, 0.1) is 0 Å². The SMILES string of the molecule is CN(CCCNc1nc(Cl)ncc1Br)Cc1ccccc1. The van der Waals surface area contributed by atoms with Crippen LogP contribution in [0.3, 0.4) is 0 Å². The second-order valence-corrected chi connectivity index (χ2v) is 6.03. The molecule has 0 amide bonds. The number of hydrogen-bond donors (Lipinski definition) is 1. The average molecular weight is 370 g/mol. The molecule has 0 saturated carbocycles. The fourth-order valence-electron chi connectivity index (χ4n) is 2.00. The zero-order valence-corrected chi connectivity index (χ0v) is 14.2. The van der Waals surface area contributed by atoms with Gasteiger partial charge < -0.3 is 10.2 Å². The maximum absolute atomic E-state index is 5.78. The van der Waals surface area contributed by atoms with Gasteiger partial charge in [0.2, 0.25) is 5.28 Å². The topological polar surface area (TPSA) is 41.0 Å². The summed E-state index contributed by atoms with van der Waals surface area (Å²) >= 11 is 9.18. The Balaban J connectivity index is 1.71. The Morgan fingerprint density at radius 2 is 2.05 bits per heavy atom. The highest BCUT2D eigenvalue weighted by molar-refractivity contribution is 9.10. The molecule has 1 aromatic heterocycles. The molecule has 1 aromatic carbocycles. The van der Waals surface area contributed by atoms with E-state index in [1.165, 1.54) is 5.56 Å². The molecule has 4 nitrogen and oxygen atoms in total. The molecule has 0 atom stereocenters. The number of anilines is 1. The van der Waals surface area contributed by atoms with Gasteiger partial charge in [-0.05, 0) is 53.1 Å². The van der Waals surface area contributed by atoms with E-state index in [1.807, 2.05) is 6.07 Å². The Labute approximate surface area is 138 Å². The number of rotatable bonds is 7. The predicted molar refractivity (Wildman–Crippen MR) is 90.6 cm³/mol. The highest BCUT2D eigenvalue weighted by atomic mass is 79.9. The minimum atomic E-state index is 0.252. The van der Waals surface area contributed by atoms with Gasteiger partial charge in [0.05, 0.1) is 4.47 Å². The van der Waals surface area contributed by atoms with E-state index in [0.29, 0.717) is 0 Å². The molecule has 112 valence electrons. The lowest BCUT2D eigenvalue weighted by molar-refractivity contribution is 0.325. The van der Waals surface area contributed by atoms with Crippen molar-refractivity contribution in [1.29, 1.82) is 0 Å². The molecule has 0 fully saturated rings. The normalized spacial score (nSPS) is 10.9. The van der Waals surface area contributed by atoms with Gasteiger partial charge in [-0.25, -0.2) is 4.98 Å². The summed E-state index contributed by atoms with van der Waals surface area (Å²) in [7, 11) is 2.13. The van der Waals surface area contributed by atoms with E-state index < -0.39 is 0 Å². The lowest BCUT2D eigenvalue weighted by Gasteiger charge is -2.17. The first-order valence-corrected chi connectivity index (χ1v) is 7.96. The Kier molecular flexibility index (Phi) is 6.42. The van der Waals surface area contributed by atoms with Crippen LogP contribution in [0.2, 0.25) is 5.28 Å². The predicted octanol–water partition coefficient (Wildman–Crippen LogP) is 3.83. The molecule has 0 saturated heterocycles. The minimum absolute atomic E-state index is 0.252. The summed E-state index contributed by atoms with van der Waals surface area (Å²) in [5, 5.41) is 3.52. The maximum atomic E-state index is 5.78. The maximum Gasteiger partial charge on any atom is 0.224 e. The van der Waals surface area contributed by atoms with Crippen molar-refractivity contribution in [2.45, 2.75) is 13.0 Å². The van der Waals surface area contributed by atoms with Crippen LogP contribution >= 0.6 is 27.5 Å². The van der Waals surface area contributed by atoms with Crippen LogP contribution in [-0.2, 0) is 6.54 Å². The number of nitrogens with one attached hydrogen (secondary N) is 1. The Bertz CT molecular complexity index is 565. The van der Waals surface area contributed by atoms with Crippen LogP contribution in [-0.4, -0.2) is 35.0 Å². The van der Waals surface area contributed by atoms with Crippen LogP contribution in [0.25, 0.3) is 0 Å². The number of hydrogen-bond acceptors (Lipinski definition) is 4. The molecule has 0 radical (unpaired) electrons. The molecule has 6 heteroatoms. The lowest BCUT2D eigenvalue weighted by Crippen LogP contribution is -2.21. The van der Waals surface area contributed by atoms with Crippen molar-refractivity contribution >= 4 is 33.3 Å². The average Bonchev–Trinajstić information content (AvgIpc) is 2.48.